The van der Waals surface area contributed by atoms with Crippen LogP contribution in [0.4, 0.5) is 5.69 Å². The molecule has 7 heteroatoms. The van der Waals surface area contributed by atoms with Crippen LogP contribution in [0.5, 0.6) is 11.5 Å². The van der Waals surface area contributed by atoms with Crippen LogP contribution in [0.2, 0.25) is 0 Å². The highest BCUT2D eigenvalue weighted by Gasteiger charge is 2.31. The van der Waals surface area contributed by atoms with Gasteiger partial charge in [-0.1, -0.05) is 12.1 Å². The molecule has 2 N–H and O–H groups in total. The topological polar surface area (TPSA) is 79.9 Å². The number of ether oxygens (including phenoxy) is 2. The standard InChI is InChI=1S/C22H27N3O4/c1-25-14-4-5-19(25)21(26)24-20(15-6-10-17(28-2)11-7-15)22(27)23-16-8-12-18(29-3)13-9-16/h6-13,19-20H,4-5,14H2,1-3H3,(H,23,27)(H,24,26). The van der Waals surface area contributed by atoms with E-state index < -0.39 is 6.04 Å². The van der Waals surface area contributed by atoms with Crippen LogP contribution in [0, 0.1) is 0 Å². The number of anilines is 1. The molecule has 3 rings (SSSR count). The SMILES string of the molecule is COc1ccc(NC(=O)C(NC(=O)C2CCCN2C)c2ccc(OC)cc2)cc1. The minimum absolute atomic E-state index is 0.143. The smallest absolute Gasteiger partial charge is 0.251 e. The number of likely N-dealkylation sites (tertiary alicyclic amines) is 1. The first-order valence-electron chi connectivity index (χ1n) is 9.61. The number of methoxy groups -OCH3 is 2. The monoisotopic (exact) mass is 397 g/mol. The molecule has 2 aromatic rings. The van der Waals surface area contributed by atoms with Crippen molar-refractivity contribution in [3.05, 3.63) is 54.1 Å². The largest absolute Gasteiger partial charge is 0.497 e. The highest BCUT2D eigenvalue weighted by Crippen LogP contribution is 2.22. The number of carbonyl (C=O) groups excluding carboxylic acids is 2. The number of hydrogen-bond donors (Lipinski definition) is 2. The zero-order valence-electron chi connectivity index (χ0n) is 17.0. The van der Waals surface area contributed by atoms with Crippen LogP contribution < -0.4 is 20.1 Å². The van der Waals surface area contributed by atoms with Crippen molar-refractivity contribution in [2.75, 3.05) is 33.1 Å². The number of benzene rings is 2. The molecule has 2 aromatic carbocycles. The van der Waals surface area contributed by atoms with Crippen molar-refractivity contribution in [2.24, 2.45) is 0 Å². The Hall–Kier alpha value is -3.06. The summed E-state index contributed by atoms with van der Waals surface area (Å²) in [5, 5.41) is 5.80. The van der Waals surface area contributed by atoms with Gasteiger partial charge in [0.05, 0.1) is 20.3 Å². The van der Waals surface area contributed by atoms with Crippen molar-refractivity contribution in [1.29, 1.82) is 0 Å². The van der Waals surface area contributed by atoms with Crippen LogP contribution in [0.1, 0.15) is 24.4 Å². The van der Waals surface area contributed by atoms with E-state index in [9.17, 15) is 9.59 Å². The Labute approximate surface area is 171 Å². The molecule has 1 aliphatic heterocycles. The van der Waals surface area contributed by atoms with Gasteiger partial charge < -0.3 is 20.1 Å². The van der Waals surface area contributed by atoms with Crippen molar-refractivity contribution in [3.63, 3.8) is 0 Å². The van der Waals surface area contributed by atoms with Crippen LogP contribution >= 0.6 is 0 Å². The lowest BCUT2D eigenvalue weighted by molar-refractivity contribution is -0.129. The van der Waals surface area contributed by atoms with Crippen molar-refractivity contribution >= 4 is 17.5 Å². The van der Waals surface area contributed by atoms with Crippen molar-refractivity contribution in [2.45, 2.75) is 24.9 Å². The van der Waals surface area contributed by atoms with Gasteiger partial charge in [-0.25, -0.2) is 0 Å². The molecular formula is C22H27N3O4. The second-order valence-electron chi connectivity index (χ2n) is 7.07. The third-order valence-corrected chi connectivity index (χ3v) is 5.18. The molecule has 2 unspecified atom stereocenters. The van der Waals surface area contributed by atoms with Crippen LogP contribution in [-0.4, -0.2) is 50.6 Å². The molecule has 0 aliphatic carbocycles. The quantitative estimate of drug-likeness (QED) is 0.751. The van der Waals surface area contributed by atoms with E-state index >= 15 is 0 Å². The van der Waals surface area contributed by atoms with Gasteiger partial charge in [-0.3, -0.25) is 14.5 Å². The Morgan fingerprint density at radius 1 is 1.00 bits per heavy atom. The first-order chi connectivity index (χ1) is 14.0. The number of likely N-dealkylation sites (N-methyl/N-ethyl adjacent to an activating group) is 1. The predicted molar refractivity (Wildman–Crippen MR) is 111 cm³/mol. The molecule has 0 bridgehead atoms. The Morgan fingerprint density at radius 3 is 2.10 bits per heavy atom. The number of carbonyl (C=O) groups is 2. The minimum atomic E-state index is -0.815. The summed E-state index contributed by atoms with van der Waals surface area (Å²) in [5.41, 5.74) is 1.31. The maximum atomic E-state index is 13.1. The fourth-order valence-corrected chi connectivity index (χ4v) is 3.47. The molecule has 2 amide bonds. The molecule has 0 radical (unpaired) electrons. The van der Waals surface area contributed by atoms with E-state index in [0.29, 0.717) is 22.7 Å². The number of hydrogen-bond acceptors (Lipinski definition) is 5. The molecule has 0 spiro atoms. The van der Waals surface area contributed by atoms with E-state index in [2.05, 4.69) is 10.6 Å². The lowest BCUT2D eigenvalue weighted by Crippen LogP contribution is -2.45. The van der Waals surface area contributed by atoms with Crippen molar-refractivity contribution in [3.8, 4) is 11.5 Å². The molecular weight excluding hydrogens is 370 g/mol. The molecule has 1 aliphatic rings. The van der Waals surface area contributed by atoms with E-state index in [0.717, 1.165) is 19.4 Å². The highest BCUT2D eigenvalue weighted by molar-refractivity contribution is 5.98. The van der Waals surface area contributed by atoms with Gasteiger partial charge in [-0.15, -0.1) is 0 Å². The van der Waals surface area contributed by atoms with Gasteiger partial charge >= 0.3 is 0 Å². The Morgan fingerprint density at radius 2 is 1.59 bits per heavy atom. The molecule has 2 atom stereocenters. The summed E-state index contributed by atoms with van der Waals surface area (Å²) in [6.45, 7) is 0.878. The normalized spacial score (nSPS) is 17.4. The first kappa shape index (κ1) is 20.7. The van der Waals surface area contributed by atoms with Gasteiger partial charge in [0.25, 0.3) is 5.91 Å². The zero-order chi connectivity index (χ0) is 20.8. The second-order valence-corrected chi connectivity index (χ2v) is 7.07. The number of nitrogens with one attached hydrogen (secondary N) is 2. The fourth-order valence-electron chi connectivity index (χ4n) is 3.47. The van der Waals surface area contributed by atoms with Gasteiger partial charge in [0.2, 0.25) is 5.91 Å². The summed E-state index contributed by atoms with van der Waals surface area (Å²) in [6.07, 6.45) is 1.76. The molecule has 1 fully saturated rings. The van der Waals surface area contributed by atoms with Crippen molar-refractivity contribution in [1.82, 2.24) is 10.2 Å². The summed E-state index contributed by atoms with van der Waals surface area (Å²) in [5.74, 6) is 0.933. The summed E-state index contributed by atoms with van der Waals surface area (Å²) < 4.78 is 10.3. The maximum absolute atomic E-state index is 13.1. The number of amides is 2. The average molecular weight is 397 g/mol. The highest BCUT2D eigenvalue weighted by atomic mass is 16.5. The zero-order valence-corrected chi connectivity index (χ0v) is 17.0. The average Bonchev–Trinajstić information content (AvgIpc) is 3.18. The molecule has 29 heavy (non-hydrogen) atoms. The summed E-state index contributed by atoms with van der Waals surface area (Å²) in [4.78, 5) is 27.9. The minimum Gasteiger partial charge on any atom is -0.497 e. The Balaban J connectivity index is 1.80. The number of nitrogens with zero attached hydrogens (tertiary/aromatic N) is 1. The van der Waals surface area contributed by atoms with E-state index in [1.54, 1.807) is 62.8 Å². The van der Waals surface area contributed by atoms with E-state index in [-0.39, 0.29) is 17.9 Å². The summed E-state index contributed by atoms with van der Waals surface area (Å²) in [7, 11) is 5.10. The van der Waals surface area contributed by atoms with Crippen LogP contribution in [0.15, 0.2) is 48.5 Å². The van der Waals surface area contributed by atoms with Gasteiger partial charge in [0, 0.05) is 5.69 Å². The summed E-state index contributed by atoms with van der Waals surface area (Å²) in [6, 6.07) is 13.1. The van der Waals surface area contributed by atoms with E-state index in [4.69, 9.17) is 9.47 Å². The predicted octanol–water partition coefficient (Wildman–Crippen LogP) is 2.59. The molecule has 0 aromatic heterocycles. The van der Waals surface area contributed by atoms with Crippen molar-refractivity contribution < 1.29 is 19.1 Å². The maximum Gasteiger partial charge on any atom is 0.251 e. The third-order valence-electron chi connectivity index (χ3n) is 5.18. The lowest BCUT2D eigenvalue weighted by atomic mass is 10.0. The second kappa shape index (κ2) is 9.43. The molecule has 7 nitrogen and oxygen atoms in total. The number of rotatable bonds is 7. The third kappa shape index (κ3) is 5.06. The van der Waals surface area contributed by atoms with Crippen LogP contribution in [0.25, 0.3) is 0 Å². The van der Waals surface area contributed by atoms with E-state index in [1.165, 1.54) is 0 Å². The van der Waals surface area contributed by atoms with Crippen LogP contribution in [-0.2, 0) is 9.59 Å². The van der Waals surface area contributed by atoms with E-state index in [1.807, 2.05) is 11.9 Å². The Bertz CT molecular complexity index is 836. The van der Waals surface area contributed by atoms with Gasteiger partial charge in [-0.05, 0) is 68.4 Å². The molecule has 154 valence electrons. The lowest BCUT2D eigenvalue weighted by Gasteiger charge is -2.24. The molecule has 0 saturated carbocycles. The Kier molecular flexibility index (Phi) is 6.72. The first-order valence-corrected chi connectivity index (χ1v) is 9.61. The summed E-state index contributed by atoms with van der Waals surface area (Å²) >= 11 is 0. The van der Waals surface area contributed by atoms with Gasteiger partial charge in [0.15, 0.2) is 0 Å². The molecule has 1 heterocycles. The van der Waals surface area contributed by atoms with Crippen LogP contribution in [0.3, 0.4) is 0 Å². The van der Waals surface area contributed by atoms with Gasteiger partial charge in [-0.2, -0.15) is 0 Å². The molecule has 1 saturated heterocycles. The van der Waals surface area contributed by atoms with Gasteiger partial charge in [0.1, 0.15) is 17.5 Å². The fraction of sp³-hybridized carbons (Fsp3) is 0.364.